The van der Waals surface area contributed by atoms with Gasteiger partial charge in [0.15, 0.2) is 0 Å². The van der Waals surface area contributed by atoms with E-state index in [9.17, 15) is 23.1 Å². The van der Waals surface area contributed by atoms with Crippen molar-refractivity contribution in [1.29, 1.82) is 0 Å². The Bertz CT molecular complexity index is 818. The molecule has 0 radical (unpaired) electrons. The maximum absolute atomic E-state index is 13.0. The predicted molar refractivity (Wildman–Crippen MR) is 114 cm³/mol. The fourth-order valence-corrected chi connectivity index (χ4v) is 4.09. The lowest BCUT2D eigenvalue weighted by atomic mass is 9.83. The maximum atomic E-state index is 13.0. The number of allylic oxidation sites excluding steroid dienone is 1. The van der Waals surface area contributed by atoms with Crippen LogP contribution in [-0.4, -0.2) is 23.5 Å². The van der Waals surface area contributed by atoms with Crippen LogP contribution >= 0.6 is 0 Å². The van der Waals surface area contributed by atoms with E-state index in [2.05, 4.69) is 37.2 Å². The Morgan fingerprint density at radius 3 is 2.42 bits per heavy atom. The van der Waals surface area contributed by atoms with E-state index < -0.39 is 17.7 Å². The van der Waals surface area contributed by atoms with Crippen molar-refractivity contribution in [2.75, 3.05) is 6.54 Å². The monoisotopic (exact) mass is 434 g/mol. The molecule has 1 aliphatic rings. The summed E-state index contributed by atoms with van der Waals surface area (Å²) >= 11 is 0. The number of piperidine rings is 1. The van der Waals surface area contributed by atoms with Gasteiger partial charge in [-0.2, -0.15) is 13.2 Å². The van der Waals surface area contributed by atoms with E-state index in [1.54, 1.807) is 0 Å². The number of hydrogen-bond acceptors (Lipinski definition) is 3. The molecule has 0 amide bonds. The first-order valence-corrected chi connectivity index (χ1v) is 10.8. The molecule has 1 heterocycles. The highest BCUT2D eigenvalue weighted by molar-refractivity contribution is 5.64. The number of carboxylic acids is 1. The van der Waals surface area contributed by atoms with E-state index in [0.29, 0.717) is 25.3 Å². The number of rotatable bonds is 7. The van der Waals surface area contributed by atoms with Crippen molar-refractivity contribution in [3.8, 4) is 11.8 Å². The van der Waals surface area contributed by atoms with Crippen LogP contribution in [0.15, 0.2) is 36.4 Å². The van der Waals surface area contributed by atoms with Crippen LogP contribution in [0, 0.1) is 23.7 Å². The number of benzene rings is 1. The zero-order chi connectivity index (χ0) is 23.2. The summed E-state index contributed by atoms with van der Waals surface area (Å²) in [4.78, 5) is 13.4. The average molecular weight is 435 g/mol. The van der Waals surface area contributed by atoms with Crippen molar-refractivity contribution in [3.05, 3.63) is 47.5 Å². The quantitative estimate of drug-likeness (QED) is 0.569. The van der Waals surface area contributed by atoms with Gasteiger partial charge in [-0.05, 0) is 74.1 Å². The molecule has 6 heteroatoms. The number of nitrogens with zero attached hydrogens (tertiary/aromatic N) is 1. The van der Waals surface area contributed by atoms with Crippen molar-refractivity contribution in [2.24, 2.45) is 11.8 Å². The molecule has 3 nitrogen and oxygen atoms in total. The van der Waals surface area contributed by atoms with Crippen LogP contribution in [0.1, 0.15) is 70.0 Å². The Hall–Kier alpha value is -2.26. The van der Waals surface area contributed by atoms with E-state index in [4.69, 9.17) is 0 Å². The van der Waals surface area contributed by atoms with Crippen molar-refractivity contribution >= 4 is 5.97 Å². The van der Waals surface area contributed by atoms with Crippen molar-refractivity contribution in [3.63, 3.8) is 0 Å². The Morgan fingerprint density at radius 1 is 1.26 bits per heavy atom. The van der Waals surface area contributed by atoms with Gasteiger partial charge < -0.3 is 9.90 Å². The molecule has 170 valence electrons. The Labute approximate surface area is 183 Å². The number of carbonyl (C=O) groups excluding carboxylic acids is 1. The van der Waals surface area contributed by atoms with Gasteiger partial charge in [-0.1, -0.05) is 44.4 Å². The standard InChI is InChI=1S/C25H32F3NO2/c1-17(2)5-11-22(12-6-18(3)4)29-14-13-19(16-24(30)31)15-23(29)20-7-9-21(10-8-20)25(26,27)28/h7-10,18-19,22-23H,1,6,12-16H2,2-4H3,(H,30,31)/p-1/t19-,22-,23+/m1/s1. The maximum Gasteiger partial charge on any atom is 0.416 e. The van der Waals surface area contributed by atoms with Gasteiger partial charge in [0.25, 0.3) is 0 Å². The molecule has 0 N–H and O–H groups in total. The molecule has 1 aromatic rings. The third-order valence-electron chi connectivity index (χ3n) is 5.70. The van der Waals surface area contributed by atoms with E-state index in [-0.39, 0.29) is 24.4 Å². The fourth-order valence-electron chi connectivity index (χ4n) is 4.09. The summed E-state index contributed by atoms with van der Waals surface area (Å²) in [6.07, 6.45) is -1.40. The topological polar surface area (TPSA) is 43.4 Å². The molecule has 3 atom stereocenters. The molecule has 1 aliphatic heterocycles. The molecule has 1 fully saturated rings. The fraction of sp³-hybridized carbons (Fsp3) is 0.560. The van der Waals surface area contributed by atoms with Crippen LogP contribution in [-0.2, 0) is 11.0 Å². The predicted octanol–water partition coefficient (Wildman–Crippen LogP) is 4.98. The van der Waals surface area contributed by atoms with Crippen LogP contribution in [0.5, 0.6) is 0 Å². The third kappa shape index (κ3) is 7.74. The molecule has 1 aromatic carbocycles. The summed E-state index contributed by atoms with van der Waals surface area (Å²) < 4.78 is 39.0. The summed E-state index contributed by atoms with van der Waals surface area (Å²) in [6, 6.07) is 4.94. The number of carboxylic acid groups (broad SMARTS) is 1. The van der Waals surface area contributed by atoms with Gasteiger partial charge in [0.1, 0.15) is 0 Å². The number of carbonyl (C=O) groups is 1. The number of alkyl halides is 3. The van der Waals surface area contributed by atoms with Crippen molar-refractivity contribution in [1.82, 2.24) is 4.90 Å². The van der Waals surface area contributed by atoms with Crippen LogP contribution in [0.4, 0.5) is 13.2 Å². The number of halogens is 3. The van der Waals surface area contributed by atoms with Crippen LogP contribution in [0.25, 0.3) is 0 Å². The first-order valence-electron chi connectivity index (χ1n) is 10.8. The van der Waals surface area contributed by atoms with Crippen molar-refractivity contribution in [2.45, 2.75) is 71.1 Å². The highest BCUT2D eigenvalue weighted by atomic mass is 19.4. The molecule has 0 aromatic heterocycles. The molecule has 1 saturated heterocycles. The Balaban J connectivity index is 2.37. The first kappa shape index (κ1) is 25.0. The van der Waals surface area contributed by atoms with E-state index >= 15 is 0 Å². The molecule has 0 spiro atoms. The van der Waals surface area contributed by atoms with Crippen LogP contribution < -0.4 is 5.11 Å². The molecule has 0 bridgehead atoms. The van der Waals surface area contributed by atoms with Crippen LogP contribution in [0.3, 0.4) is 0 Å². The van der Waals surface area contributed by atoms with Gasteiger partial charge in [0.2, 0.25) is 0 Å². The zero-order valence-electron chi connectivity index (χ0n) is 18.5. The Morgan fingerprint density at radius 2 is 1.90 bits per heavy atom. The summed E-state index contributed by atoms with van der Waals surface area (Å²) in [5, 5.41) is 11.2. The average Bonchev–Trinajstić information content (AvgIpc) is 2.67. The van der Waals surface area contributed by atoms with Gasteiger partial charge in [-0.3, -0.25) is 4.90 Å². The lowest BCUT2D eigenvalue weighted by molar-refractivity contribution is -0.307. The lowest BCUT2D eigenvalue weighted by Gasteiger charge is -2.43. The minimum Gasteiger partial charge on any atom is -0.550 e. The Kier molecular flexibility index (Phi) is 8.76. The van der Waals surface area contributed by atoms with E-state index in [0.717, 1.165) is 36.1 Å². The minimum atomic E-state index is -4.39. The molecular formula is C25H31F3NO2-. The van der Waals surface area contributed by atoms with Gasteiger partial charge in [-0.15, -0.1) is 0 Å². The lowest BCUT2D eigenvalue weighted by Crippen LogP contribution is -2.44. The zero-order valence-corrected chi connectivity index (χ0v) is 18.5. The summed E-state index contributed by atoms with van der Waals surface area (Å²) in [7, 11) is 0. The van der Waals surface area contributed by atoms with Crippen molar-refractivity contribution < 1.29 is 23.1 Å². The van der Waals surface area contributed by atoms with E-state index in [1.165, 1.54) is 12.1 Å². The number of hydrogen-bond donors (Lipinski definition) is 0. The number of aliphatic carboxylic acids is 1. The SMILES string of the molecule is C=C(C)C#C[C@H](CCC(C)C)N1CC[C@@H](CC(=O)[O-])C[C@H]1c1ccc(C(F)(F)F)cc1. The van der Waals surface area contributed by atoms with E-state index in [1.807, 2.05) is 6.92 Å². The van der Waals surface area contributed by atoms with Gasteiger partial charge >= 0.3 is 6.18 Å². The molecule has 2 rings (SSSR count). The second-order valence-electron chi connectivity index (χ2n) is 8.88. The van der Waals surface area contributed by atoms with Crippen LogP contribution in [0.2, 0.25) is 0 Å². The second kappa shape index (κ2) is 10.9. The highest BCUT2D eigenvalue weighted by Gasteiger charge is 2.35. The summed E-state index contributed by atoms with van der Waals surface area (Å²) in [5.41, 5.74) is 0.818. The third-order valence-corrected chi connectivity index (χ3v) is 5.70. The van der Waals surface area contributed by atoms with Gasteiger partial charge in [-0.25, -0.2) is 0 Å². The molecule has 0 unspecified atom stereocenters. The first-order chi connectivity index (χ1) is 14.5. The highest BCUT2D eigenvalue weighted by Crippen LogP contribution is 2.39. The van der Waals surface area contributed by atoms with Gasteiger partial charge in [0.05, 0.1) is 11.6 Å². The molecule has 0 aliphatic carbocycles. The minimum absolute atomic E-state index is 0.0426. The smallest absolute Gasteiger partial charge is 0.416 e. The molecule has 0 saturated carbocycles. The summed E-state index contributed by atoms with van der Waals surface area (Å²) in [6.45, 7) is 10.6. The molecule has 31 heavy (non-hydrogen) atoms. The normalized spacial score (nSPS) is 20.7. The second-order valence-corrected chi connectivity index (χ2v) is 8.88. The number of likely N-dealkylation sites (tertiary alicyclic amines) is 1. The summed E-state index contributed by atoms with van der Waals surface area (Å²) in [5.74, 6) is 5.70. The van der Waals surface area contributed by atoms with Gasteiger partial charge in [0, 0.05) is 18.6 Å². The molecular weight excluding hydrogens is 403 g/mol. The largest absolute Gasteiger partial charge is 0.550 e.